The molecule has 1 aromatic heterocycles. The maximum atomic E-state index is 8.55. The Morgan fingerprint density at radius 1 is 1.62 bits per heavy atom. The summed E-state index contributed by atoms with van der Waals surface area (Å²) in [6.07, 6.45) is 1.93. The number of aromatic nitrogens is 1. The van der Waals surface area contributed by atoms with Crippen LogP contribution in [0.1, 0.15) is 19.5 Å². The van der Waals surface area contributed by atoms with Crippen molar-refractivity contribution in [3.8, 4) is 6.07 Å². The lowest BCUT2D eigenvalue weighted by Crippen LogP contribution is -2.23. The molecule has 0 aliphatic rings. The molecule has 0 fully saturated rings. The maximum Gasteiger partial charge on any atom is 0.109 e. The first-order valence-corrected chi connectivity index (χ1v) is 4.48. The molecule has 1 heterocycles. The molecule has 3 nitrogen and oxygen atoms in total. The zero-order chi connectivity index (χ0) is 9.68. The van der Waals surface area contributed by atoms with Gasteiger partial charge in [0.25, 0.3) is 0 Å². The lowest BCUT2D eigenvalue weighted by atomic mass is 10.3. The van der Waals surface area contributed by atoms with Gasteiger partial charge in [-0.25, -0.2) is 0 Å². The van der Waals surface area contributed by atoms with Crippen molar-refractivity contribution in [2.75, 3.05) is 0 Å². The third-order valence-electron chi connectivity index (χ3n) is 1.86. The minimum Gasteiger partial charge on any atom is -0.337 e. The van der Waals surface area contributed by atoms with Crippen LogP contribution in [0, 0.1) is 11.3 Å². The molecule has 0 atom stereocenters. The first kappa shape index (κ1) is 9.82. The van der Waals surface area contributed by atoms with Crippen molar-refractivity contribution >= 4 is 0 Å². The summed E-state index contributed by atoms with van der Waals surface area (Å²) >= 11 is 0. The normalized spacial score (nSPS) is 10.3. The Bertz CT molecular complexity index is 293. The van der Waals surface area contributed by atoms with Crippen LogP contribution >= 0.6 is 0 Å². The van der Waals surface area contributed by atoms with Gasteiger partial charge in [0.15, 0.2) is 0 Å². The molecule has 1 N–H and O–H groups in total. The van der Waals surface area contributed by atoms with Crippen LogP contribution < -0.4 is 5.32 Å². The Hall–Kier alpha value is -1.27. The van der Waals surface area contributed by atoms with E-state index in [1.807, 2.05) is 22.9 Å². The molecule has 70 valence electrons. The number of rotatable bonds is 4. The molecular formula is C10H15N3. The summed E-state index contributed by atoms with van der Waals surface area (Å²) in [5, 5.41) is 11.9. The fourth-order valence-corrected chi connectivity index (χ4v) is 1.15. The van der Waals surface area contributed by atoms with Crippen molar-refractivity contribution in [3.63, 3.8) is 0 Å². The average Bonchev–Trinajstić information content (AvgIpc) is 2.49. The molecule has 0 unspecified atom stereocenters. The third-order valence-corrected chi connectivity index (χ3v) is 1.86. The summed E-state index contributed by atoms with van der Waals surface area (Å²) in [5.41, 5.74) is 1.16. The van der Waals surface area contributed by atoms with Crippen LogP contribution in [0.25, 0.3) is 0 Å². The Morgan fingerprint density at radius 2 is 2.38 bits per heavy atom. The first-order valence-electron chi connectivity index (χ1n) is 4.48. The van der Waals surface area contributed by atoms with E-state index in [9.17, 15) is 0 Å². The van der Waals surface area contributed by atoms with Gasteiger partial charge in [0.1, 0.15) is 6.54 Å². The van der Waals surface area contributed by atoms with E-state index in [4.69, 9.17) is 5.26 Å². The average molecular weight is 177 g/mol. The number of nitrogens with zero attached hydrogens (tertiary/aromatic N) is 2. The summed E-state index contributed by atoms with van der Waals surface area (Å²) < 4.78 is 1.95. The van der Waals surface area contributed by atoms with E-state index in [-0.39, 0.29) is 0 Å². The van der Waals surface area contributed by atoms with Crippen LogP contribution in [0.2, 0.25) is 0 Å². The second-order valence-corrected chi connectivity index (χ2v) is 3.32. The van der Waals surface area contributed by atoms with E-state index >= 15 is 0 Å². The summed E-state index contributed by atoms with van der Waals surface area (Å²) in [6, 6.07) is 6.61. The van der Waals surface area contributed by atoms with Gasteiger partial charge in [-0.3, -0.25) is 0 Å². The molecule has 0 amide bonds. The van der Waals surface area contributed by atoms with Crippen LogP contribution in [0.15, 0.2) is 18.3 Å². The van der Waals surface area contributed by atoms with Crippen molar-refractivity contribution in [3.05, 3.63) is 24.0 Å². The highest BCUT2D eigenvalue weighted by Gasteiger charge is 2.00. The van der Waals surface area contributed by atoms with E-state index in [0.717, 1.165) is 12.2 Å². The highest BCUT2D eigenvalue weighted by Crippen LogP contribution is 2.01. The molecule has 3 heteroatoms. The van der Waals surface area contributed by atoms with Crippen molar-refractivity contribution in [2.45, 2.75) is 33.0 Å². The molecule has 0 aliphatic heterocycles. The molecule has 13 heavy (non-hydrogen) atoms. The van der Waals surface area contributed by atoms with Gasteiger partial charge in [-0.15, -0.1) is 0 Å². The minimum atomic E-state index is 0.433. The van der Waals surface area contributed by atoms with E-state index in [1.165, 1.54) is 0 Å². The quantitative estimate of drug-likeness (QED) is 0.757. The SMILES string of the molecule is CC(C)NCc1cccn1CC#N. The first-order chi connectivity index (χ1) is 6.24. The highest BCUT2D eigenvalue weighted by molar-refractivity contribution is 5.08. The van der Waals surface area contributed by atoms with Crippen molar-refractivity contribution < 1.29 is 0 Å². The summed E-state index contributed by atoms with van der Waals surface area (Å²) in [7, 11) is 0. The molecule has 0 aromatic carbocycles. The van der Waals surface area contributed by atoms with Gasteiger partial charge in [0.2, 0.25) is 0 Å². The summed E-state index contributed by atoms with van der Waals surface area (Å²) in [4.78, 5) is 0. The molecule has 0 aliphatic carbocycles. The molecule has 0 saturated carbocycles. The standard InChI is InChI=1S/C10H15N3/c1-9(2)12-8-10-4-3-6-13(10)7-5-11/h3-4,6,9,12H,7-8H2,1-2H3. The largest absolute Gasteiger partial charge is 0.337 e. The predicted octanol–water partition coefficient (Wildman–Crippen LogP) is 1.51. The second-order valence-electron chi connectivity index (χ2n) is 3.32. The van der Waals surface area contributed by atoms with E-state index in [1.54, 1.807) is 0 Å². The van der Waals surface area contributed by atoms with Crippen LogP contribution in [0.3, 0.4) is 0 Å². The minimum absolute atomic E-state index is 0.433. The van der Waals surface area contributed by atoms with Crippen molar-refractivity contribution in [1.29, 1.82) is 5.26 Å². The van der Waals surface area contributed by atoms with Gasteiger partial charge in [0, 0.05) is 24.5 Å². The van der Waals surface area contributed by atoms with E-state index in [2.05, 4.69) is 25.2 Å². The Morgan fingerprint density at radius 3 is 3.00 bits per heavy atom. The summed E-state index contributed by atoms with van der Waals surface area (Å²) in [6.45, 7) is 5.48. The molecule has 0 bridgehead atoms. The Balaban J connectivity index is 2.56. The van der Waals surface area contributed by atoms with Gasteiger partial charge in [-0.2, -0.15) is 5.26 Å². The van der Waals surface area contributed by atoms with Crippen LogP contribution in [0.5, 0.6) is 0 Å². The monoisotopic (exact) mass is 177 g/mol. The number of hydrogen-bond acceptors (Lipinski definition) is 2. The van der Waals surface area contributed by atoms with Gasteiger partial charge < -0.3 is 9.88 Å². The van der Waals surface area contributed by atoms with Crippen LogP contribution in [-0.2, 0) is 13.1 Å². The van der Waals surface area contributed by atoms with Crippen LogP contribution in [0.4, 0.5) is 0 Å². The fraction of sp³-hybridized carbons (Fsp3) is 0.500. The number of hydrogen-bond donors (Lipinski definition) is 1. The predicted molar refractivity (Wildman–Crippen MR) is 52.0 cm³/mol. The van der Waals surface area contributed by atoms with Gasteiger partial charge in [-0.05, 0) is 12.1 Å². The van der Waals surface area contributed by atoms with Gasteiger partial charge >= 0.3 is 0 Å². The maximum absolute atomic E-state index is 8.55. The van der Waals surface area contributed by atoms with Crippen LogP contribution in [-0.4, -0.2) is 10.6 Å². The van der Waals surface area contributed by atoms with Gasteiger partial charge in [-0.1, -0.05) is 13.8 Å². The molecule has 0 radical (unpaired) electrons. The lowest BCUT2D eigenvalue weighted by Gasteiger charge is -2.09. The topological polar surface area (TPSA) is 40.8 Å². The zero-order valence-corrected chi connectivity index (χ0v) is 8.12. The molecule has 0 saturated heterocycles. The van der Waals surface area contributed by atoms with Crippen molar-refractivity contribution in [2.24, 2.45) is 0 Å². The molecule has 0 spiro atoms. The Kier molecular flexibility index (Phi) is 3.53. The smallest absolute Gasteiger partial charge is 0.109 e. The second kappa shape index (κ2) is 4.68. The Labute approximate surface area is 79.0 Å². The zero-order valence-electron chi connectivity index (χ0n) is 8.12. The van der Waals surface area contributed by atoms with Gasteiger partial charge in [0.05, 0.1) is 6.07 Å². The molecule has 1 aromatic rings. The molecule has 1 rings (SSSR count). The van der Waals surface area contributed by atoms with Crippen molar-refractivity contribution in [1.82, 2.24) is 9.88 Å². The highest BCUT2D eigenvalue weighted by atomic mass is 15.0. The lowest BCUT2D eigenvalue weighted by molar-refractivity contribution is 0.566. The number of nitrogens with one attached hydrogen (secondary N) is 1. The summed E-state index contributed by atoms with van der Waals surface area (Å²) in [5.74, 6) is 0. The van der Waals surface area contributed by atoms with E-state index in [0.29, 0.717) is 12.6 Å². The van der Waals surface area contributed by atoms with E-state index < -0.39 is 0 Å². The fourth-order valence-electron chi connectivity index (χ4n) is 1.15. The number of nitriles is 1. The third kappa shape index (κ3) is 2.92. The molecular weight excluding hydrogens is 162 g/mol.